The zero-order chi connectivity index (χ0) is 62.9. The topological polar surface area (TPSA) is 237 Å². The van der Waals surface area contributed by atoms with Gasteiger partial charge in [-0.15, -0.1) is 0 Å². The van der Waals surface area contributed by atoms with Gasteiger partial charge in [0.15, 0.2) is 12.2 Å². The van der Waals surface area contributed by atoms with Gasteiger partial charge in [-0.1, -0.05) is 279 Å². The van der Waals surface area contributed by atoms with Crippen molar-refractivity contribution in [2.45, 2.75) is 349 Å². The lowest BCUT2D eigenvalue weighted by atomic mass is 10.0. The Labute approximate surface area is 517 Å². The average molecular weight is 1260 g/mol. The summed E-state index contributed by atoms with van der Waals surface area (Å²) in [6.45, 7) is 9.37. The van der Waals surface area contributed by atoms with Crippen LogP contribution in [0.1, 0.15) is 330 Å². The van der Waals surface area contributed by atoms with Crippen molar-refractivity contribution in [3.05, 3.63) is 0 Å². The summed E-state index contributed by atoms with van der Waals surface area (Å²) >= 11 is 0. The minimum absolute atomic E-state index is 0.0987. The van der Waals surface area contributed by atoms with Crippen LogP contribution in [0.15, 0.2) is 0 Å². The number of phosphoric ester groups is 2. The molecule has 504 valence electrons. The summed E-state index contributed by atoms with van der Waals surface area (Å²) in [5.41, 5.74) is 0. The van der Waals surface area contributed by atoms with Crippen molar-refractivity contribution in [1.82, 2.24) is 0 Å². The van der Waals surface area contributed by atoms with Crippen LogP contribution in [-0.4, -0.2) is 96.7 Å². The molecule has 0 fully saturated rings. The van der Waals surface area contributed by atoms with E-state index in [4.69, 9.17) is 37.0 Å². The predicted octanol–water partition coefficient (Wildman–Crippen LogP) is 18.4. The third kappa shape index (κ3) is 60.7. The van der Waals surface area contributed by atoms with Crippen LogP contribution in [0.3, 0.4) is 0 Å². The number of rotatable bonds is 65. The van der Waals surface area contributed by atoms with Gasteiger partial charge in [-0.05, 0) is 37.5 Å². The molecule has 0 saturated carbocycles. The summed E-state index contributed by atoms with van der Waals surface area (Å²) < 4.78 is 67.6. The molecule has 19 heteroatoms. The van der Waals surface area contributed by atoms with E-state index in [9.17, 15) is 43.2 Å². The second-order valence-electron chi connectivity index (χ2n) is 24.8. The number of hydrogen-bond donors (Lipinski definition) is 3. The van der Waals surface area contributed by atoms with Crippen molar-refractivity contribution in [3.8, 4) is 0 Å². The molecule has 0 aliphatic carbocycles. The van der Waals surface area contributed by atoms with Crippen LogP contribution in [0.25, 0.3) is 0 Å². The second kappa shape index (κ2) is 58.4. The van der Waals surface area contributed by atoms with Crippen LogP contribution in [0.2, 0.25) is 0 Å². The fraction of sp³-hybridized carbons (Fsp3) is 0.939. The van der Waals surface area contributed by atoms with Crippen molar-refractivity contribution in [2.24, 2.45) is 11.8 Å². The summed E-state index contributed by atoms with van der Waals surface area (Å²) in [6.07, 6.45) is 42.7. The fourth-order valence-electron chi connectivity index (χ4n) is 9.88. The molecule has 3 N–H and O–H groups in total. The number of unbranched alkanes of at least 4 members (excludes halogenated alkanes) is 35. The van der Waals surface area contributed by atoms with E-state index in [2.05, 4.69) is 41.5 Å². The SMILES string of the molecule is CCCCCCCC(=O)OC[C@H](COP(=O)(O)OC[C@H](O)COP(=O)(O)OC[C@@H](COC(=O)CCCCCCCCCCCCCC(C)C)OC(=O)CCCCCCCCCCCCCCCCCCCCC(C)C)OC(=O)CCCCCCC. The second-order valence-corrected chi connectivity index (χ2v) is 27.7. The van der Waals surface area contributed by atoms with E-state index in [1.807, 2.05) is 0 Å². The minimum atomic E-state index is -4.94. The van der Waals surface area contributed by atoms with E-state index in [0.717, 1.165) is 108 Å². The Morgan fingerprint density at radius 2 is 0.541 bits per heavy atom. The molecular weight excluding hydrogens is 1130 g/mol. The standard InChI is InChI=1S/C66H128O17P2/c1-7-9-11-34-42-48-63(68)76-54-61(82-65(70)50-44-35-12-10-8-2)56-80-84(72,73)78-52-60(67)53-79-85(74,75)81-57-62(55-77-64(69)49-43-38-32-28-25-21-23-27-31-37-41-47-59(5)6)83-66(71)51-45-39-33-29-24-20-18-16-14-13-15-17-19-22-26-30-36-40-46-58(3)4/h58-62,67H,7-57H2,1-6H3,(H,72,73)(H,74,75)/t60-,61+,62+/m0/s1. The van der Waals surface area contributed by atoms with E-state index < -0.39 is 97.5 Å². The molecule has 0 heterocycles. The maximum absolute atomic E-state index is 13.0. The van der Waals surface area contributed by atoms with Gasteiger partial charge in [0.05, 0.1) is 26.4 Å². The molecule has 0 bridgehead atoms. The summed E-state index contributed by atoms with van der Waals surface area (Å²) in [4.78, 5) is 71.7. The van der Waals surface area contributed by atoms with E-state index in [1.165, 1.54) is 141 Å². The molecule has 0 aromatic carbocycles. The third-order valence-electron chi connectivity index (χ3n) is 15.2. The van der Waals surface area contributed by atoms with Crippen LogP contribution < -0.4 is 0 Å². The number of ether oxygens (including phenoxy) is 4. The number of phosphoric acid groups is 2. The van der Waals surface area contributed by atoms with Crippen LogP contribution in [0, 0.1) is 11.8 Å². The number of carbonyl (C=O) groups is 4. The van der Waals surface area contributed by atoms with Gasteiger partial charge in [-0.2, -0.15) is 0 Å². The zero-order valence-electron chi connectivity index (χ0n) is 54.9. The first-order valence-electron chi connectivity index (χ1n) is 34.5. The molecule has 0 aromatic rings. The Kier molecular flexibility index (Phi) is 57.1. The highest BCUT2D eigenvalue weighted by Gasteiger charge is 2.30. The van der Waals surface area contributed by atoms with Gasteiger partial charge in [0.1, 0.15) is 19.3 Å². The summed E-state index contributed by atoms with van der Waals surface area (Å²) in [7, 11) is -9.87. The van der Waals surface area contributed by atoms with Crippen molar-refractivity contribution in [1.29, 1.82) is 0 Å². The largest absolute Gasteiger partial charge is 0.472 e. The maximum Gasteiger partial charge on any atom is 0.472 e. The molecule has 2 unspecified atom stereocenters. The zero-order valence-corrected chi connectivity index (χ0v) is 56.7. The van der Waals surface area contributed by atoms with Gasteiger partial charge in [0.2, 0.25) is 0 Å². The van der Waals surface area contributed by atoms with Crippen molar-refractivity contribution in [3.63, 3.8) is 0 Å². The number of aliphatic hydroxyl groups excluding tert-OH is 1. The van der Waals surface area contributed by atoms with Crippen molar-refractivity contribution < 1.29 is 80.2 Å². The van der Waals surface area contributed by atoms with Gasteiger partial charge in [-0.3, -0.25) is 37.3 Å². The fourth-order valence-corrected chi connectivity index (χ4v) is 11.5. The molecule has 5 atom stereocenters. The molecule has 0 aromatic heterocycles. The number of esters is 4. The van der Waals surface area contributed by atoms with Crippen LogP contribution in [0.4, 0.5) is 0 Å². The Balaban J connectivity index is 5.05. The summed E-state index contributed by atoms with van der Waals surface area (Å²) in [5.74, 6) is -0.562. The molecule has 0 aliphatic heterocycles. The monoisotopic (exact) mass is 1250 g/mol. The van der Waals surface area contributed by atoms with Crippen LogP contribution >= 0.6 is 15.6 Å². The molecule has 0 spiro atoms. The van der Waals surface area contributed by atoms with Crippen LogP contribution in [0.5, 0.6) is 0 Å². The van der Waals surface area contributed by atoms with Gasteiger partial charge < -0.3 is 33.8 Å². The molecule has 85 heavy (non-hydrogen) atoms. The summed E-state index contributed by atoms with van der Waals surface area (Å²) in [6, 6.07) is 0. The van der Waals surface area contributed by atoms with E-state index in [0.29, 0.717) is 25.7 Å². The van der Waals surface area contributed by atoms with Crippen molar-refractivity contribution >= 4 is 39.5 Å². The Hall–Kier alpha value is -1.94. The highest BCUT2D eigenvalue weighted by atomic mass is 31.2. The number of carbonyl (C=O) groups excluding carboxylic acids is 4. The minimum Gasteiger partial charge on any atom is -0.462 e. The van der Waals surface area contributed by atoms with Gasteiger partial charge >= 0.3 is 39.5 Å². The first-order chi connectivity index (χ1) is 40.9. The Bertz CT molecular complexity index is 1670. The molecule has 0 aliphatic rings. The van der Waals surface area contributed by atoms with Gasteiger partial charge in [0, 0.05) is 25.7 Å². The normalized spacial score (nSPS) is 14.2. The smallest absolute Gasteiger partial charge is 0.462 e. The lowest BCUT2D eigenvalue weighted by molar-refractivity contribution is -0.161. The number of hydrogen-bond acceptors (Lipinski definition) is 15. The van der Waals surface area contributed by atoms with Crippen molar-refractivity contribution in [2.75, 3.05) is 39.6 Å². The maximum atomic E-state index is 13.0. The molecular formula is C66H128O17P2. The van der Waals surface area contributed by atoms with Gasteiger partial charge in [-0.25, -0.2) is 9.13 Å². The third-order valence-corrected chi connectivity index (χ3v) is 17.1. The van der Waals surface area contributed by atoms with E-state index >= 15 is 0 Å². The highest BCUT2D eigenvalue weighted by molar-refractivity contribution is 7.47. The van der Waals surface area contributed by atoms with E-state index in [1.54, 1.807) is 0 Å². The number of aliphatic hydroxyl groups is 1. The molecule has 0 radical (unpaired) electrons. The predicted molar refractivity (Wildman–Crippen MR) is 340 cm³/mol. The lowest BCUT2D eigenvalue weighted by Gasteiger charge is -2.21. The Morgan fingerprint density at radius 1 is 0.318 bits per heavy atom. The Morgan fingerprint density at radius 3 is 0.800 bits per heavy atom. The first-order valence-corrected chi connectivity index (χ1v) is 37.5. The van der Waals surface area contributed by atoms with E-state index in [-0.39, 0.29) is 25.7 Å². The highest BCUT2D eigenvalue weighted by Crippen LogP contribution is 2.45. The molecule has 0 amide bonds. The lowest BCUT2D eigenvalue weighted by Crippen LogP contribution is -2.30. The molecule has 0 rings (SSSR count). The molecule has 17 nitrogen and oxygen atoms in total. The van der Waals surface area contributed by atoms with Crippen LogP contribution in [-0.2, 0) is 65.4 Å². The first kappa shape index (κ1) is 83.1. The quantitative estimate of drug-likeness (QED) is 0.0222. The molecule has 0 saturated heterocycles. The average Bonchev–Trinajstić information content (AvgIpc) is 3.47. The van der Waals surface area contributed by atoms with Gasteiger partial charge in [0.25, 0.3) is 0 Å². The summed E-state index contributed by atoms with van der Waals surface area (Å²) in [5, 5.41) is 10.5.